The van der Waals surface area contributed by atoms with Crippen molar-refractivity contribution in [2.75, 3.05) is 12.9 Å². The van der Waals surface area contributed by atoms with Crippen molar-refractivity contribution in [1.82, 2.24) is 0 Å². The van der Waals surface area contributed by atoms with Crippen LogP contribution in [0.25, 0.3) is 0 Å². The van der Waals surface area contributed by atoms with Gasteiger partial charge in [-0.2, -0.15) is 8.42 Å². The fourth-order valence-corrected chi connectivity index (χ4v) is 4.58. The highest BCUT2D eigenvalue weighted by Gasteiger charge is 2.48. The second-order valence-electron chi connectivity index (χ2n) is 7.31. The Morgan fingerprint density at radius 2 is 1.96 bits per heavy atom. The Labute approximate surface area is 155 Å². The fourth-order valence-electron chi connectivity index (χ4n) is 4.17. The summed E-state index contributed by atoms with van der Waals surface area (Å²) in [5.74, 6) is 0.141. The van der Waals surface area contributed by atoms with Crippen LogP contribution in [-0.4, -0.2) is 33.2 Å². The minimum Gasteiger partial charge on any atom is -0.373 e. The van der Waals surface area contributed by atoms with Gasteiger partial charge >= 0.3 is 0 Å². The van der Waals surface area contributed by atoms with Crippen molar-refractivity contribution in [3.8, 4) is 0 Å². The summed E-state index contributed by atoms with van der Waals surface area (Å²) in [4.78, 5) is 11.7. The molecule has 1 fully saturated rings. The average molecular weight is 378 g/mol. The molecule has 26 heavy (non-hydrogen) atoms. The molecule has 0 amide bonds. The molecule has 6 heteroatoms. The van der Waals surface area contributed by atoms with Crippen molar-refractivity contribution in [2.45, 2.75) is 44.8 Å². The minimum absolute atomic E-state index is 0.0242. The van der Waals surface area contributed by atoms with Crippen LogP contribution in [0.1, 0.15) is 37.7 Å². The van der Waals surface area contributed by atoms with E-state index >= 15 is 0 Å². The molecule has 142 valence electrons. The number of ketones is 1. The smallest absolute Gasteiger partial charge is 0.264 e. The van der Waals surface area contributed by atoms with E-state index in [1.807, 2.05) is 36.4 Å². The quantitative estimate of drug-likeness (QED) is 0.711. The van der Waals surface area contributed by atoms with Gasteiger partial charge in [-0.25, -0.2) is 0 Å². The first-order valence-electron chi connectivity index (χ1n) is 9.11. The Bertz CT molecular complexity index is 756. The molecule has 0 heterocycles. The van der Waals surface area contributed by atoms with Crippen LogP contribution in [0.4, 0.5) is 0 Å². The Morgan fingerprint density at radius 1 is 1.19 bits per heavy atom. The van der Waals surface area contributed by atoms with E-state index < -0.39 is 10.1 Å². The molecule has 1 aromatic carbocycles. The number of allylic oxidation sites excluding steroid dienone is 1. The average Bonchev–Trinajstić information content (AvgIpc) is 2.62. The monoisotopic (exact) mass is 378 g/mol. The third-order valence-electron chi connectivity index (χ3n) is 5.54. The molecule has 0 saturated heterocycles. The zero-order valence-electron chi connectivity index (χ0n) is 15.1. The third-order valence-corrected chi connectivity index (χ3v) is 6.10. The summed E-state index contributed by atoms with van der Waals surface area (Å²) in [7, 11) is -3.49. The van der Waals surface area contributed by atoms with Crippen molar-refractivity contribution in [3.05, 3.63) is 48.0 Å². The van der Waals surface area contributed by atoms with Crippen LogP contribution in [0.3, 0.4) is 0 Å². The van der Waals surface area contributed by atoms with E-state index in [1.165, 1.54) is 0 Å². The molecule has 2 aliphatic rings. The first-order chi connectivity index (χ1) is 12.4. The van der Waals surface area contributed by atoms with Gasteiger partial charge in [-0.3, -0.25) is 8.98 Å². The van der Waals surface area contributed by atoms with E-state index in [1.54, 1.807) is 6.08 Å². The Hall–Kier alpha value is -1.50. The second kappa shape index (κ2) is 8.03. The molecule has 0 aliphatic heterocycles. The summed E-state index contributed by atoms with van der Waals surface area (Å²) in [6.07, 6.45) is 8.52. The molecule has 3 atom stereocenters. The standard InChI is InChI=1S/C20H26O5S/c1-26(22,23)25-15-17-8-5-9-19(20(17)12-10-18(21)11-13-20)24-14-16-6-3-2-4-7-16/h2-4,6-7,10,12,17,19H,5,8-9,11,13-15H2,1H3/t17-,19+,20-/m0/s1. The number of carbonyl (C=O) groups excluding carboxylic acids is 1. The predicted molar refractivity (Wildman–Crippen MR) is 99.0 cm³/mol. The van der Waals surface area contributed by atoms with Gasteiger partial charge in [0, 0.05) is 11.8 Å². The molecule has 1 aromatic rings. The summed E-state index contributed by atoms with van der Waals surface area (Å²) in [6.45, 7) is 0.650. The maximum absolute atomic E-state index is 11.7. The molecule has 0 bridgehead atoms. The van der Waals surface area contributed by atoms with Crippen LogP contribution in [0.2, 0.25) is 0 Å². The molecule has 0 aromatic heterocycles. The lowest BCUT2D eigenvalue weighted by Crippen LogP contribution is -2.48. The zero-order chi connectivity index (χ0) is 18.6. The number of benzene rings is 1. The summed E-state index contributed by atoms with van der Waals surface area (Å²) >= 11 is 0. The van der Waals surface area contributed by atoms with E-state index in [0.717, 1.165) is 31.1 Å². The molecule has 0 radical (unpaired) electrons. The Balaban J connectivity index is 1.79. The highest BCUT2D eigenvalue weighted by molar-refractivity contribution is 7.85. The van der Waals surface area contributed by atoms with Crippen LogP contribution in [0.5, 0.6) is 0 Å². The van der Waals surface area contributed by atoms with Crippen LogP contribution in [0, 0.1) is 11.3 Å². The van der Waals surface area contributed by atoms with E-state index in [0.29, 0.717) is 19.4 Å². The maximum Gasteiger partial charge on any atom is 0.264 e. The van der Waals surface area contributed by atoms with Crippen LogP contribution in [-0.2, 0) is 30.4 Å². The molecule has 1 spiro atoms. The van der Waals surface area contributed by atoms with Crippen LogP contribution >= 0.6 is 0 Å². The maximum atomic E-state index is 11.7. The van der Waals surface area contributed by atoms with Gasteiger partial charge in [-0.15, -0.1) is 0 Å². The van der Waals surface area contributed by atoms with Gasteiger partial charge in [-0.1, -0.05) is 42.8 Å². The van der Waals surface area contributed by atoms with Gasteiger partial charge in [0.25, 0.3) is 10.1 Å². The Kier molecular flexibility index (Phi) is 5.95. The lowest BCUT2D eigenvalue weighted by Gasteiger charge is -2.48. The summed E-state index contributed by atoms with van der Waals surface area (Å²) < 4.78 is 34.4. The van der Waals surface area contributed by atoms with Gasteiger partial charge in [0.1, 0.15) is 0 Å². The van der Waals surface area contributed by atoms with Crippen molar-refractivity contribution < 1.29 is 22.1 Å². The molecular formula is C20H26O5S. The number of hydrogen-bond acceptors (Lipinski definition) is 5. The number of ether oxygens (including phenoxy) is 1. The first kappa shape index (κ1) is 19.3. The number of rotatable bonds is 6. The molecule has 1 saturated carbocycles. The van der Waals surface area contributed by atoms with Gasteiger partial charge in [0.15, 0.2) is 5.78 Å². The lowest BCUT2D eigenvalue weighted by atomic mass is 9.60. The Morgan fingerprint density at radius 3 is 2.62 bits per heavy atom. The van der Waals surface area contributed by atoms with E-state index in [-0.39, 0.29) is 29.8 Å². The van der Waals surface area contributed by atoms with E-state index in [9.17, 15) is 13.2 Å². The molecule has 5 nitrogen and oxygen atoms in total. The van der Waals surface area contributed by atoms with Crippen LogP contribution in [0.15, 0.2) is 42.5 Å². The largest absolute Gasteiger partial charge is 0.373 e. The van der Waals surface area contributed by atoms with Gasteiger partial charge in [0.2, 0.25) is 0 Å². The zero-order valence-corrected chi connectivity index (χ0v) is 15.9. The fraction of sp³-hybridized carbons (Fsp3) is 0.550. The predicted octanol–water partition coefficient (Wildman–Crippen LogP) is 3.25. The van der Waals surface area contributed by atoms with Gasteiger partial charge < -0.3 is 4.74 Å². The normalized spacial score (nSPS) is 29.2. The van der Waals surface area contributed by atoms with Gasteiger partial charge in [0.05, 0.1) is 25.6 Å². The molecule has 0 unspecified atom stereocenters. The van der Waals surface area contributed by atoms with E-state index in [4.69, 9.17) is 8.92 Å². The highest BCUT2D eigenvalue weighted by Crippen LogP contribution is 2.49. The first-order valence-corrected chi connectivity index (χ1v) is 10.9. The van der Waals surface area contributed by atoms with Gasteiger partial charge in [-0.05, 0) is 36.8 Å². The SMILES string of the molecule is CS(=O)(=O)OC[C@@H]1CCC[C@@H](OCc2ccccc2)[C@]12C=CC(=O)CC2. The topological polar surface area (TPSA) is 69.7 Å². The summed E-state index contributed by atoms with van der Waals surface area (Å²) in [5.41, 5.74) is 0.763. The molecular weight excluding hydrogens is 352 g/mol. The van der Waals surface area contributed by atoms with Crippen molar-refractivity contribution in [3.63, 3.8) is 0 Å². The third kappa shape index (κ3) is 4.61. The molecule has 0 N–H and O–H groups in total. The second-order valence-corrected chi connectivity index (χ2v) is 8.96. The van der Waals surface area contributed by atoms with Crippen molar-refractivity contribution in [1.29, 1.82) is 0 Å². The molecule has 2 aliphatic carbocycles. The van der Waals surface area contributed by atoms with E-state index in [2.05, 4.69) is 0 Å². The van der Waals surface area contributed by atoms with Crippen LogP contribution < -0.4 is 0 Å². The number of carbonyl (C=O) groups is 1. The summed E-state index contributed by atoms with van der Waals surface area (Å²) in [6, 6.07) is 9.99. The minimum atomic E-state index is -3.49. The molecule has 3 rings (SSSR count). The summed E-state index contributed by atoms with van der Waals surface area (Å²) in [5, 5.41) is 0. The number of hydrogen-bond donors (Lipinski definition) is 0. The lowest BCUT2D eigenvalue weighted by molar-refractivity contribution is -0.121. The highest BCUT2D eigenvalue weighted by atomic mass is 32.2. The van der Waals surface area contributed by atoms with Crippen molar-refractivity contribution >= 4 is 15.9 Å². The van der Waals surface area contributed by atoms with Crippen molar-refractivity contribution in [2.24, 2.45) is 11.3 Å².